The zero-order valence-corrected chi connectivity index (χ0v) is 13.9. The van der Waals surface area contributed by atoms with E-state index in [9.17, 15) is 4.79 Å². The minimum Gasteiger partial charge on any atom is -0.335 e. The predicted octanol–water partition coefficient (Wildman–Crippen LogP) is 3.39. The topological polar surface area (TPSA) is 32.7 Å². The lowest BCUT2D eigenvalue weighted by Crippen LogP contribution is -2.56. The number of carbonyl (C=O) groups excluding carboxylic acids is 1. The van der Waals surface area contributed by atoms with Crippen LogP contribution >= 0.6 is 0 Å². The van der Waals surface area contributed by atoms with Gasteiger partial charge in [0, 0.05) is 7.05 Å². The molecule has 0 saturated heterocycles. The van der Waals surface area contributed by atoms with Crippen LogP contribution in [0.3, 0.4) is 0 Å². The summed E-state index contributed by atoms with van der Waals surface area (Å²) in [5, 5.41) is 0. The van der Waals surface area contributed by atoms with Crippen molar-refractivity contribution in [3.05, 3.63) is 35.9 Å². The highest BCUT2D eigenvalue weighted by molar-refractivity contribution is 6.09. The fraction of sp³-hybridized carbons (Fsp3) is 0.556. The van der Waals surface area contributed by atoms with E-state index in [4.69, 9.17) is 4.99 Å². The smallest absolute Gasteiger partial charge is 0.248 e. The summed E-state index contributed by atoms with van der Waals surface area (Å²) in [5.74, 6) is 0.458. The maximum Gasteiger partial charge on any atom is 0.248 e. The lowest BCUT2D eigenvalue weighted by molar-refractivity contribution is -0.136. The van der Waals surface area contributed by atoms with Gasteiger partial charge in [0.05, 0.1) is 11.8 Å². The first-order valence-corrected chi connectivity index (χ1v) is 7.63. The number of likely N-dealkylation sites (N-methyl/N-ethyl adjacent to an activating group) is 1. The molecule has 0 saturated carbocycles. The molecule has 114 valence electrons. The third-order valence-electron chi connectivity index (χ3n) is 4.07. The monoisotopic (exact) mass is 286 g/mol. The maximum absolute atomic E-state index is 12.7. The molecular weight excluding hydrogens is 260 g/mol. The standard InChI is InChI=1S/C18H26N2O/c1-12(2)15-14(13-10-8-7-9-11-13)19-16(18(3,4)5)17(21)20(15)6/h7-12,15-16H,1-6H3. The van der Waals surface area contributed by atoms with Crippen LogP contribution in [0.25, 0.3) is 0 Å². The van der Waals surface area contributed by atoms with Crippen molar-refractivity contribution in [3.8, 4) is 0 Å². The van der Waals surface area contributed by atoms with Gasteiger partial charge in [-0.25, -0.2) is 0 Å². The van der Waals surface area contributed by atoms with Crippen LogP contribution in [0.2, 0.25) is 0 Å². The van der Waals surface area contributed by atoms with Crippen molar-refractivity contribution in [3.63, 3.8) is 0 Å². The van der Waals surface area contributed by atoms with E-state index in [1.165, 1.54) is 0 Å². The SMILES string of the molecule is CC(C)C1C(c2ccccc2)=NC(C(C)(C)C)C(=O)N1C. The molecule has 0 bridgehead atoms. The molecule has 0 aliphatic carbocycles. The Morgan fingerprint density at radius 2 is 1.71 bits per heavy atom. The molecule has 1 aromatic carbocycles. The summed E-state index contributed by atoms with van der Waals surface area (Å²) in [6.07, 6.45) is 0. The van der Waals surface area contributed by atoms with Crippen LogP contribution in [0.15, 0.2) is 35.3 Å². The highest BCUT2D eigenvalue weighted by atomic mass is 16.2. The number of aliphatic imine (C=N–C) groups is 1. The van der Waals surface area contributed by atoms with Gasteiger partial charge in [-0.1, -0.05) is 65.0 Å². The van der Waals surface area contributed by atoms with E-state index in [-0.39, 0.29) is 23.4 Å². The third-order valence-corrected chi connectivity index (χ3v) is 4.07. The zero-order chi connectivity index (χ0) is 15.8. The molecule has 1 aliphatic heterocycles. The molecule has 21 heavy (non-hydrogen) atoms. The molecule has 0 fully saturated rings. The number of hydrogen-bond donors (Lipinski definition) is 0. The molecular formula is C18H26N2O. The molecule has 2 unspecified atom stereocenters. The van der Waals surface area contributed by atoms with Crippen LogP contribution in [-0.4, -0.2) is 35.7 Å². The lowest BCUT2D eigenvalue weighted by Gasteiger charge is -2.42. The van der Waals surface area contributed by atoms with Crippen LogP contribution in [0.1, 0.15) is 40.2 Å². The Balaban J connectivity index is 2.57. The number of nitrogens with zero attached hydrogens (tertiary/aromatic N) is 2. The number of hydrogen-bond acceptors (Lipinski definition) is 2. The Bertz CT molecular complexity index is 540. The molecule has 1 aromatic rings. The fourth-order valence-corrected chi connectivity index (χ4v) is 2.97. The number of benzene rings is 1. The van der Waals surface area contributed by atoms with Crippen molar-refractivity contribution in [2.24, 2.45) is 16.3 Å². The van der Waals surface area contributed by atoms with Gasteiger partial charge >= 0.3 is 0 Å². The van der Waals surface area contributed by atoms with Crippen LogP contribution in [0.5, 0.6) is 0 Å². The Morgan fingerprint density at radius 3 is 2.19 bits per heavy atom. The van der Waals surface area contributed by atoms with E-state index in [1.54, 1.807) is 0 Å². The summed E-state index contributed by atoms with van der Waals surface area (Å²) in [6, 6.07) is 9.95. The normalized spacial score (nSPS) is 23.5. The van der Waals surface area contributed by atoms with Crippen molar-refractivity contribution < 1.29 is 4.79 Å². The predicted molar refractivity (Wildman–Crippen MR) is 87.6 cm³/mol. The molecule has 2 atom stereocenters. The van der Waals surface area contributed by atoms with E-state index in [1.807, 2.05) is 30.1 Å². The molecule has 3 heteroatoms. The summed E-state index contributed by atoms with van der Waals surface area (Å²) in [5.41, 5.74) is 1.98. The Morgan fingerprint density at radius 1 is 1.14 bits per heavy atom. The van der Waals surface area contributed by atoms with Crippen LogP contribution in [0, 0.1) is 11.3 Å². The lowest BCUT2D eigenvalue weighted by atomic mass is 9.82. The van der Waals surface area contributed by atoms with Gasteiger partial charge in [0.15, 0.2) is 0 Å². The van der Waals surface area contributed by atoms with Crippen LogP contribution in [0.4, 0.5) is 0 Å². The summed E-state index contributed by atoms with van der Waals surface area (Å²) < 4.78 is 0. The fourth-order valence-electron chi connectivity index (χ4n) is 2.97. The van der Waals surface area contributed by atoms with Gasteiger partial charge in [-0.3, -0.25) is 9.79 Å². The van der Waals surface area contributed by atoms with E-state index in [0.717, 1.165) is 11.3 Å². The summed E-state index contributed by atoms with van der Waals surface area (Å²) in [4.78, 5) is 19.5. The van der Waals surface area contributed by atoms with Gasteiger partial charge < -0.3 is 4.90 Å². The van der Waals surface area contributed by atoms with E-state index in [2.05, 4.69) is 46.8 Å². The van der Waals surface area contributed by atoms with Gasteiger partial charge in [-0.05, 0) is 16.9 Å². The van der Waals surface area contributed by atoms with Crippen molar-refractivity contribution in [2.45, 2.75) is 46.7 Å². The summed E-state index contributed by atoms with van der Waals surface area (Å²) >= 11 is 0. The number of rotatable bonds is 2. The van der Waals surface area contributed by atoms with Gasteiger partial charge in [0.25, 0.3) is 0 Å². The van der Waals surface area contributed by atoms with Gasteiger partial charge in [0.1, 0.15) is 6.04 Å². The Kier molecular flexibility index (Phi) is 4.22. The molecule has 0 aromatic heterocycles. The summed E-state index contributed by atoms with van der Waals surface area (Å²) in [6.45, 7) is 10.5. The first-order valence-electron chi connectivity index (χ1n) is 7.63. The first-order chi connectivity index (χ1) is 9.73. The van der Waals surface area contributed by atoms with E-state index < -0.39 is 0 Å². The molecule has 3 nitrogen and oxygen atoms in total. The first kappa shape index (κ1) is 15.7. The number of amides is 1. The molecule has 0 spiro atoms. The van der Waals surface area contributed by atoms with Crippen molar-refractivity contribution >= 4 is 11.6 Å². The van der Waals surface area contributed by atoms with Crippen molar-refractivity contribution in [1.82, 2.24) is 4.90 Å². The highest BCUT2D eigenvalue weighted by Crippen LogP contribution is 2.31. The minimum atomic E-state index is -0.312. The van der Waals surface area contributed by atoms with Crippen LogP contribution in [-0.2, 0) is 4.79 Å². The Labute approximate surface area is 128 Å². The number of carbonyl (C=O) groups is 1. The van der Waals surface area contributed by atoms with Crippen molar-refractivity contribution in [2.75, 3.05) is 7.05 Å². The van der Waals surface area contributed by atoms with Gasteiger partial charge in [-0.15, -0.1) is 0 Å². The average molecular weight is 286 g/mol. The second-order valence-corrected chi connectivity index (χ2v) is 7.29. The molecule has 1 heterocycles. The summed E-state index contributed by atoms with van der Waals surface area (Å²) in [7, 11) is 1.91. The minimum absolute atomic E-state index is 0.0403. The highest BCUT2D eigenvalue weighted by Gasteiger charge is 2.42. The zero-order valence-electron chi connectivity index (χ0n) is 13.9. The quantitative estimate of drug-likeness (QED) is 0.820. The Hall–Kier alpha value is -1.64. The molecule has 1 aliphatic rings. The molecule has 0 radical (unpaired) electrons. The van der Waals surface area contributed by atoms with Gasteiger partial charge in [-0.2, -0.15) is 0 Å². The van der Waals surface area contributed by atoms with E-state index >= 15 is 0 Å². The second-order valence-electron chi connectivity index (χ2n) is 7.29. The second kappa shape index (κ2) is 5.63. The molecule has 0 N–H and O–H groups in total. The van der Waals surface area contributed by atoms with Gasteiger partial charge in [0.2, 0.25) is 5.91 Å². The molecule has 1 amide bonds. The van der Waals surface area contributed by atoms with E-state index in [0.29, 0.717) is 5.92 Å². The molecule has 2 rings (SSSR count). The van der Waals surface area contributed by atoms with Crippen LogP contribution < -0.4 is 0 Å². The largest absolute Gasteiger partial charge is 0.335 e. The third kappa shape index (κ3) is 3.02. The maximum atomic E-state index is 12.7. The van der Waals surface area contributed by atoms with Crippen molar-refractivity contribution in [1.29, 1.82) is 0 Å². The average Bonchev–Trinajstić information content (AvgIpc) is 2.40.